The zero-order valence-corrected chi connectivity index (χ0v) is 14.8. The third-order valence-corrected chi connectivity index (χ3v) is 4.48. The normalized spacial score (nSPS) is 13.8. The Hall–Kier alpha value is -1.49. The van der Waals surface area contributed by atoms with Gasteiger partial charge in [-0.05, 0) is 42.7 Å². The molecule has 0 unspecified atom stereocenters. The molecule has 0 radical (unpaired) electrons. The number of hydrogen-bond donors (Lipinski definition) is 1. The highest BCUT2D eigenvalue weighted by atomic mass is 35.5. The van der Waals surface area contributed by atoms with Gasteiger partial charge in [-0.25, -0.2) is 4.39 Å². The first-order chi connectivity index (χ1) is 11.6. The smallest absolute Gasteiger partial charge is 0.180 e. The fraction of sp³-hybridized carbons (Fsp3) is 0.333. The predicted molar refractivity (Wildman–Crippen MR) is 93.6 cm³/mol. The highest BCUT2D eigenvalue weighted by Crippen LogP contribution is 2.37. The summed E-state index contributed by atoms with van der Waals surface area (Å²) in [5.41, 5.74) is 1.71. The Labute approximate surface area is 150 Å². The second-order valence-electron chi connectivity index (χ2n) is 5.79. The Morgan fingerprint density at radius 2 is 1.96 bits per heavy atom. The van der Waals surface area contributed by atoms with E-state index < -0.39 is 0 Å². The molecule has 1 N–H and O–H groups in total. The Bertz CT molecular complexity index is 735. The summed E-state index contributed by atoms with van der Waals surface area (Å²) in [6.07, 6.45) is 2.45. The van der Waals surface area contributed by atoms with Crippen LogP contribution < -0.4 is 14.8 Å². The zero-order valence-electron chi connectivity index (χ0n) is 13.2. The fourth-order valence-electron chi connectivity index (χ4n) is 2.35. The summed E-state index contributed by atoms with van der Waals surface area (Å²) in [6, 6.07) is 8.57. The van der Waals surface area contributed by atoms with Gasteiger partial charge in [0.2, 0.25) is 0 Å². The van der Waals surface area contributed by atoms with Crippen LogP contribution in [0.5, 0.6) is 11.5 Å². The van der Waals surface area contributed by atoms with Crippen molar-refractivity contribution in [3.05, 3.63) is 57.3 Å². The SMILES string of the molecule is COc1cc(CNC2CC2)cc(Cl)c1OCc1ccc(F)cc1Cl. The molecule has 0 atom stereocenters. The third kappa shape index (κ3) is 4.32. The molecule has 0 saturated heterocycles. The summed E-state index contributed by atoms with van der Waals surface area (Å²) in [5.74, 6) is 0.634. The average molecular weight is 370 g/mol. The lowest BCUT2D eigenvalue weighted by Gasteiger charge is -2.15. The van der Waals surface area contributed by atoms with Crippen LogP contribution in [0.3, 0.4) is 0 Å². The zero-order chi connectivity index (χ0) is 17.1. The number of methoxy groups -OCH3 is 1. The average Bonchev–Trinajstić information content (AvgIpc) is 3.37. The number of rotatable bonds is 7. The van der Waals surface area contributed by atoms with Crippen LogP contribution >= 0.6 is 23.2 Å². The second-order valence-corrected chi connectivity index (χ2v) is 6.60. The van der Waals surface area contributed by atoms with Crippen molar-refractivity contribution in [3.8, 4) is 11.5 Å². The van der Waals surface area contributed by atoms with E-state index in [1.54, 1.807) is 13.2 Å². The first-order valence-corrected chi connectivity index (χ1v) is 8.49. The van der Waals surface area contributed by atoms with E-state index in [0.717, 1.165) is 12.1 Å². The highest BCUT2D eigenvalue weighted by molar-refractivity contribution is 6.32. The molecular formula is C18H18Cl2FNO2. The third-order valence-electron chi connectivity index (χ3n) is 3.85. The van der Waals surface area contributed by atoms with E-state index in [9.17, 15) is 4.39 Å². The number of nitrogens with one attached hydrogen (secondary N) is 1. The van der Waals surface area contributed by atoms with Crippen LogP contribution in [0.25, 0.3) is 0 Å². The Morgan fingerprint density at radius 3 is 2.62 bits per heavy atom. The standard InChI is InChI=1S/C18H18Cl2FNO2/c1-23-17-7-11(9-22-14-4-5-14)6-16(20)18(17)24-10-12-2-3-13(21)8-15(12)19/h2-3,6-8,14,22H,4-5,9-10H2,1H3. The lowest BCUT2D eigenvalue weighted by atomic mass is 10.2. The summed E-state index contributed by atoms with van der Waals surface area (Å²) in [4.78, 5) is 0. The fourth-order valence-corrected chi connectivity index (χ4v) is 2.86. The Kier molecular flexibility index (Phi) is 5.49. The number of ether oxygens (including phenoxy) is 2. The van der Waals surface area contributed by atoms with E-state index in [0.29, 0.717) is 33.1 Å². The molecule has 1 aliphatic rings. The van der Waals surface area contributed by atoms with Gasteiger partial charge in [-0.15, -0.1) is 0 Å². The molecule has 1 saturated carbocycles. The van der Waals surface area contributed by atoms with Crippen molar-refractivity contribution >= 4 is 23.2 Å². The molecule has 1 fully saturated rings. The van der Waals surface area contributed by atoms with Gasteiger partial charge in [-0.1, -0.05) is 29.3 Å². The van der Waals surface area contributed by atoms with E-state index in [4.69, 9.17) is 32.7 Å². The molecule has 128 valence electrons. The van der Waals surface area contributed by atoms with Gasteiger partial charge in [-0.2, -0.15) is 0 Å². The molecule has 0 aliphatic heterocycles. The Morgan fingerprint density at radius 1 is 1.17 bits per heavy atom. The topological polar surface area (TPSA) is 30.5 Å². The van der Waals surface area contributed by atoms with E-state index in [1.165, 1.54) is 25.0 Å². The van der Waals surface area contributed by atoms with E-state index >= 15 is 0 Å². The predicted octanol–water partition coefficient (Wildman–Crippen LogP) is 4.97. The molecule has 0 spiro atoms. The molecule has 1 aliphatic carbocycles. The number of halogens is 3. The lowest BCUT2D eigenvalue weighted by molar-refractivity contribution is 0.284. The molecule has 0 bridgehead atoms. The van der Waals surface area contributed by atoms with Crippen LogP contribution in [-0.2, 0) is 13.2 Å². The van der Waals surface area contributed by atoms with Crippen LogP contribution in [0.15, 0.2) is 30.3 Å². The molecule has 3 rings (SSSR count). The molecule has 2 aromatic carbocycles. The van der Waals surface area contributed by atoms with Gasteiger partial charge in [0.25, 0.3) is 0 Å². The van der Waals surface area contributed by atoms with E-state index in [-0.39, 0.29) is 12.4 Å². The van der Waals surface area contributed by atoms with Crippen molar-refractivity contribution in [1.29, 1.82) is 0 Å². The molecule has 0 amide bonds. The van der Waals surface area contributed by atoms with Crippen molar-refractivity contribution in [2.24, 2.45) is 0 Å². The largest absolute Gasteiger partial charge is 0.493 e. The summed E-state index contributed by atoms with van der Waals surface area (Å²) in [7, 11) is 1.57. The molecular weight excluding hydrogens is 352 g/mol. The molecule has 6 heteroatoms. The van der Waals surface area contributed by atoms with Gasteiger partial charge in [-0.3, -0.25) is 0 Å². The van der Waals surface area contributed by atoms with Crippen LogP contribution in [0, 0.1) is 5.82 Å². The number of benzene rings is 2. The summed E-state index contributed by atoms with van der Waals surface area (Å²) in [6.45, 7) is 0.916. The summed E-state index contributed by atoms with van der Waals surface area (Å²) >= 11 is 12.4. The van der Waals surface area contributed by atoms with Gasteiger partial charge in [0.1, 0.15) is 12.4 Å². The lowest BCUT2D eigenvalue weighted by Crippen LogP contribution is -2.15. The molecule has 24 heavy (non-hydrogen) atoms. The van der Waals surface area contributed by atoms with Gasteiger partial charge >= 0.3 is 0 Å². The minimum absolute atomic E-state index is 0.175. The van der Waals surface area contributed by atoms with Crippen LogP contribution in [0.1, 0.15) is 24.0 Å². The molecule has 2 aromatic rings. The van der Waals surface area contributed by atoms with E-state index in [2.05, 4.69) is 5.32 Å². The second kappa shape index (κ2) is 7.60. The molecule has 0 aromatic heterocycles. The molecule has 3 nitrogen and oxygen atoms in total. The van der Waals surface area contributed by atoms with Crippen molar-refractivity contribution in [2.45, 2.75) is 32.0 Å². The highest BCUT2D eigenvalue weighted by Gasteiger charge is 2.20. The maximum Gasteiger partial charge on any atom is 0.180 e. The number of hydrogen-bond acceptors (Lipinski definition) is 3. The maximum atomic E-state index is 13.1. The minimum atomic E-state index is -0.383. The van der Waals surface area contributed by atoms with Gasteiger partial charge in [0.15, 0.2) is 11.5 Å². The summed E-state index contributed by atoms with van der Waals surface area (Å²) < 4.78 is 24.3. The quantitative estimate of drug-likeness (QED) is 0.746. The van der Waals surface area contributed by atoms with Gasteiger partial charge in [0.05, 0.1) is 17.2 Å². The van der Waals surface area contributed by atoms with Crippen LogP contribution in [0.2, 0.25) is 10.0 Å². The van der Waals surface area contributed by atoms with Crippen LogP contribution in [-0.4, -0.2) is 13.2 Å². The van der Waals surface area contributed by atoms with Gasteiger partial charge in [0, 0.05) is 18.2 Å². The first kappa shape index (κ1) is 17.3. The van der Waals surface area contributed by atoms with Crippen molar-refractivity contribution in [2.75, 3.05) is 7.11 Å². The first-order valence-electron chi connectivity index (χ1n) is 7.73. The van der Waals surface area contributed by atoms with E-state index in [1.807, 2.05) is 12.1 Å². The van der Waals surface area contributed by atoms with Crippen molar-refractivity contribution < 1.29 is 13.9 Å². The van der Waals surface area contributed by atoms with Gasteiger partial charge < -0.3 is 14.8 Å². The maximum absolute atomic E-state index is 13.1. The Balaban J connectivity index is 1.73. The van der Waals surface area contributed by atoms with Crippen LogP contribution in [0.4, 0.5) is 4.39 Å². The molecule has 0 heterocycles. The van der Waals surface area contributed by atoms with Crippen molar-refractivity contribution in [3.63, 3.8) is 0 Å². The van der Waals surface area contributed by atoms with Crippen molar-refractivity contribution in [1.82, 2.24) is 5.32 Å². The minimum Gasteiger partial charge on any atom is -0.493 e. The monoisotopic (exact) mass is 369 g/mol. The summed E-state index contributed by atoms with van der Waals surface area (Å²) in [5, 5.41) is 4.22.